The highest BCUT2D eigenvalue weighted by atomic mass is 79.9. The standard InChI is InChI=1S/C16H19Br2FO3/c17-5-3-10(4-6-18)9-22-15-8-14(19)13(16(20)21)7-12(15)11-1-2-11/h7-8,10-11H,1-6,9H2,(H,20,21). The average Bonchev–Trinajstić information content (AvgIpc) is 3.29. The largest absolute Gasteiger partial charge is 0.493 e. The van der Waals surface area contributed by atoms with E-state index in [-0.39, 0.29) is 5.56 Å². The molecule has 1 saturated carbocycles. The SMILES string of the molecule is O=C(O)c1cc(C2CC2)c(OCC(CCBr)CCBr)cc1F. The number of halogens is 3. The number of carboxylic acid groups (broad SMARTS) is 1. The average molecular weight is 438 g/mol. The Kier molecular flexibility index (Phi) is 6.68. The van der Waals surface area contributed by atoms with Gasteiger partial charge in [-0.3, -0.25) is 0 Å². The van der Waals surface area contributed by atoms with Crippen LogP contribution in [0.1, 0.15) is 47.5 Å². The summed E-state index contributed by atoms with van der Waals surface area (Å²) in [5.74, 6) is -0.779. The lowest BCUT2D eigenvalue weighted by Crippen LogP contribution is -2.14. The number of hydrogen-bond acceptors (Lipinski definition) is 2. The lowest BCUT2D eigenvalue weighted by Gasteiger charge is -2.18. The molecule has 0 aliphatic heterocycles. The molecule has 0 atom stereocenters. The fraction of sp³-hybridized carbons (Fsp3) is 0.562. The first-order chi connectivity index (χ1) is 10.6. The van der Waals surface area contributed by atoms with Crippen LogP contribution in [-0.4, -0.2) is 28.3 Å². The molecule has 22 heavy (non-hydrogen) atoms. The summed E-state index contributed by atoms with van der Waals surface area (Å²) >= 11 is 6.87. The number of rotatable bonds is 9. The molecule has 0 amide bonds. The summed E-state index contributed by atoms with van der Waals surface area (Å²) in [5.41, 5.74) is 0.557. The molecule has 0 aromatic heterocycles. The summed E-state index contributed by atoms with van der Waals surface area (Å²) in [6, 6.07) is 2.67. The molecule has 1 aromatic carbocycles. The van der Waals surface area contributed by atoms with Crippen molar-refractivity contribution in [3.63, 3.8) is 0 Å². The summed E-state index contributed by atoms with van der Waals surface area (Å²) in [6.45, 7) is 0.517. The third kappa shape index (κ3) is 4.69. The monoisotopic (exact) mass is 436 g/mol. The molecule has 0 radical (unpaired) electrons. The van der Waals surface area contributed by atoms with E-state index in [1.807, 2.05) is 0 Å². The van der Waals surface area contributed by atoms with Gasteiger partial charge in [0.15, 0.2) is 0 Å². The van der Waals surface area contributed by atoms with Crippen molar-refractivity contribution < 1.29 is 19.0 Å². The quantitative estimate of drug-likeness (QED) is 0.555. The molecule has 3 nitrogen and oxygen atoms in total. The van der Waals surface area contributed by atoms with Gasteiger partial charge in [0.25, 0.3) is 0 Å². The van der Waals surface area contributed by atoms with Crippen LogP contribution in [0.2, 0.25) is 0 Å². The Morgan fingerprint density at radius 3 is 2.45 bits per heavy atom. The lowest BCUT2D eigenvalue weighted by molar-refractivity contribution is 0.0691. The van der Waals surface area contributed by atoms with Crippen LogP contribution in [0, 0.1) is 11.7 Å². The van der Waals surface area contributed by atoms with Crippen molar-refractivity contribution in [2.45, 2.75) is 31.6 Å². The molecule has 0 unspecified atom stereocenters. The summed E-state index contributed by atoms with van der Waals surface area (Å²) in [7, 11) is 0. The van der Waals surface area contributed by atoms with Crippen molar-refractivity contribution in [3.05, 3.63) is 29.1 Å². The second-order valence-electron chi connectivity index (χ2n) is 5.58. The second-order valence-corrected chi connectivity index (χ2v) is 7.17. The van der Waals surface area contributed by atoms with E-state index in [0.717, 1.165) is 41.9 Å². The van der Waals surface area contributed by atoms with Crippen molar-refractivity contribution in [1.82, 2.24) is 0 Å². The predicted molar refractivity (Wildman–Crippen MR) is 91.1 cm³/mol. The molecule has 1 aliphatic carbocycles. The zero-order chi connectivity index (χ0) is 16.1. The highest BCUT2D eigenvalue weighted by Crippen LogP contribution is 2.45. The summed E-state index contributed by atoms with van der Waals surface area (Å²) < 4.78 is 19.8. The van der Waals surface area contributed by atoms with Crippen LogP contribution in [0.3, 0.4) is 0 Å². The third-order valence-electron chi connectivity index (χ3n) is 3.86. The maximum Gasteiger partial charge on any atom is 0.338 e. The van der Waals surface area contributed by atoms with E-state index in [1.54, 1.807) is 0 Å². The molecule has 1 aliphatic rings. The van der Waals surface area contributed by atoms with E-state index in [4.69, 9.17) is 9.84 Å². The molecule has 0 spiro atoms. The van der Waals surface area contributed by atoms with Gasteiger partial charge in [-0.05, 0) is 49.1 Å². The molecule has 6 heteroatoms. The van der Waals surface area contributed by atoms with Gasteiger partial charge in [0.2, 0.25) is 0 Å². The maximum atomic E-state index is 13.9. The number of hydrogen-bond donors (Lipinski definition) is 1. The first-order valence-corrected chi connectivity index (χ1v) is 9.62. The Morgan fingerprint density at radius 1 is 1.32 bits per heavy atom. The van der Waals surface area contributed by atoms with Crippen molar-refractivity contribution in [3.8, 4) is 5.75 Å². The number of carbonyl (C=O) groups is 1. The zero-order valence-corrected chi connectivity index (χ0v) is 15.3. The maximum absolute atomic E-state index is 13.9. The van der Waals surface area contributed by atoms with Gasteiger partial charge >= 0.3 is 5.97 Å². The molecule has 1 fully saturated rings. The summed E-state index contributed by atoms with van der Waals surface area (Å²) in [6.07, 6.45) is 3.99. The van der Waals surface area contributed by atoms with E-state index in [1.165, 1.54) is 12.1 Å². The number of aromatic carboxylic acids is 1. The van der Waals surface area contributed by atoms with Crippen LogP contribution in [0.5, 0.6) is 5.75 Å². The van der Waals surface area contributed by atoms with Gasteiger partial charge in [0.1, 0.15) is 11.6 Å². The Morgan fingerprint density at radius 2 is 1.95 bits per heavy atom. The van der Waals surface area contributed by atoms with Crippen molar-refractivity contribution >= 4 is 37.8 Å². The van der Waals surface area contributed by atoms with Gasteiger partial charge in [-0.25, -0.2) is 9.18 Å². The van der Waals surface area contributed by atoms with E-state index in [2.05, 4.69) is 31.9 Å². The molecule has 122 valence electrons. The molecule has 0 heterocycles. The molecule has 0 saturated heterocycles. The van der Waals surface area contributed by atoms with Crippen molar-refractivity contribution in [1.29, 1.82) is 0 Å². The second kappa shape index (κ2) is 8.29. The topological polar surface area (TPSA) is 46.5 Å². The zero-order valence-electron chi connectivity index (χ0n) is 12.2. The number of ether oxygens (including phenoxy) is 1. The molecule has 0 bridgehead atoms. The van der Waals surface area contributed by atoms with E-state index in [0.29, 0.717) is 24.2 Å². The first-order valence-electron chi connectivity index (χ1n) is 7.38. The number of alkyl halides is 2. The fourth-order valence-corrected chi connectivity index (χ4v) is 3.70. The molecular weight excluding hydrogens is 419 g/mol. The number of carboxylic acids is 1. The lowest BCUT2D eigenvalue weighted by atomic mass is 10.0. The van der Waals surface area contributed by atoms with Gasteiger partial charge < -0.3 is 9.84 Å². The Hall–Kier alpha value is -0.620. The van der Waals surface area contributed by atoms with Crippen LogP contribution in [-0.2, 0) is 0 Å². The van der Waals surface area contributed by atoms with Gasteiger partial charge in [-0.15, -0.1) is 0 Å². The van der Waals surface area contributed by atoms with Crippen LogP contribution in [0.4, 0.5) is 4.39 Å². The van der Waals surface area contributed by atoms with Crippen LogP contribution in [0.15, 0.2) is 12.1 Å². The van der Waals surface area contributed by atoms with Gasteiger partial charge in [-0.2, -0.15) is 0 Å². The minimum atomic E-state index is -1.23. The van der Waals surface area contributed by atoms with Gasteiger partial charge in [0.05, 0.1) is 12.2 Å². The van der Waals surface area contributed by atoms with E-state index in [9.17, 15) is 9.18 Å². The minimum absolute atomic E-state index is 0.272. The fourth-order valence-electron chi connectivity index (χ4n) is 2.40. The predicted octanol–water partition coefficient (Wildman–Crippen LogP) is 4.97. The van der Waals surface area contributed by atoms with Crippen molar-refractivity contribution in [2.24, 2.45) is 5.92 Å². The summed E-state index contributed by atoms with van der Waals surface area (Å²) in [4.78, 5) is 11.1. The molecular formula is C16H19Br2FO3. The number of benzene rings is 1. The van der Waals surface area contributed by atoms with Crippen LogP contribution >= 0.6 is 31.9 Å². The third-order valence-corrected chi connectivity index (χ3v) is 4.77. The van der Waals surface area contributed by atoms with Crippen LogP contribution < -0.4 is 4.74 Å². The van der Waals surface area contributed by atoms with Gasteiger partial charge in [0, 0.05) is 16.7 Å². The first kappa shape index (κ1) is 17.7. The highest BCUT2D eigenvalue weighted by Gasteiger charge is 2.29. The highest BCUT2D eigenvalue weighted by molar-refractivity contribution is 9.09. The Labute approximate surface area is 146 Å². The van der Waals surface area contributed by atoms with Gasteiger partial charge in [-0.1, -0.05) is 31.9 Å². The molecule has 1 N–H and O–H groups in total. The smallest absolute Gasteiger partial charge is 0.338 e. The van der Waals surface area contributed by atoms with Crippen molar-refractivity contribution in [2.75, 3.05) is 17.3 Å². The Bertz CT molecular complexity index is 526. The Balaban J connectivity index is 2.15. The van der Waals surface area contributed by atoms with E-state index >= 15 is 0 Å². The summed E-state index contributed by atoms with van der Waals surface area (Å²) in [5, 5.41) is 10.8. The van der Waals surface area contributed by atoms with E-state index < -0.39 is 11.8 Å². The molecule has 1 aromatic rings. The molecule has 2 rings (SSSR count). The minimum Gasteiger partial charge on any atom is -0.493 e. The van der Waals surface area contributed by atoms with Crippen LogP contribution in [0.25, 0.3) is 0 Å². The normalized spacial score (nSPS) is 14.4.